The number of nitrogens with zero attached hydrogens (tertiary/aromatic N) is 1. The monoisotopic (exact) mass is 364 g/mol. The third-order valence-corrected chi connectivity index (χ3v) is 5.26. The Labute approximate surface area is 159 Å². The second kappa shape index (κ2) is 8.28. The van der Waals surface area contributed by atoms with Crippen LogP contribution in [0.5, 0.6) is 0 Å². The zero-order valence-electron chi connectivity index (χ0n) is 15.5. The molecule has 0 aliphatic rings. The minimum absolute atomic E-state index is 0.0285. The molecule has 0 aliphatic heterocycles. The molecule has 1 unspecified atom stereocenters. The average Bonchev–Trinajstić information content (AvgIpc) is 3.10. The number of hydrogen-bond acceptors (Lipinski definition) is 3. The first-order valence-electron chi connectivity index (χ1n) is 8.90. The largest absolute Gasteiger partial charge is 0.354 e. The molecule has 3 nitrogen and oxygen atoms in total. The maximum atomic E-state index is 11.1. The molecular formula is C22H24N2OS. The normalized spacial score (nSPS) is 12.0. The third-order valence-electron chi connectivity index (χ3n) is 4.37. The summed E-state index contributed by atoms with van der Waals surface area (Å²) in [7, 11) is 0. The van der Waals surface area contributed by atoms with E-state index in [9.17, 15) is 4.79 Å². The van der Waals surface area contributed by atoms with Crippen LogP contribution in [0.2, 0.25) is 0 Å². The van der Waals surface area contributed by atoms with Crippen molar-refractivity contribution in [3.63, 3.8) is 0 Å². The Bertz CT molecular complexity index is 866. The first-order valence-corrected chi connectivity index (χ1v) is 9.78. The number of benzene rings is 2. The molecule has 0 radical (unpaired) electrons. The van der Waals surface area contributed by atoms with Gasteiger partial charge in [-0.1, -0.05) is 54.1 Å². The summed E-state index contributed by atoms with van der Waals surface area (Å²) in [6, 6.07) is 17.2. The number of aryl methyl sites for hydroxylation is 2. The van der Waals surface area contributed by atoms with Crippen molar-refractivity contribution in [2.24, 2.45) is 0 Å². The number of hydrogen-bond donors (Lipinski definition) is 1. The summed E-state index contributed by atoms with van der Waals surface area (Å²) in [4.78, 5) is 15.9. The van der Waals surface area contributed by atoms with Gasteiger partial charge in [0.2, 0.25) is 5.91 Å². The van der Waals surface area contributed by atoms with Crippen molar-refractivity contribution >= 4 is 17.2 Å². The Kier molecular flexibility index (Phi) is 5.84. The van der Waals surface area contributed by atoms with Gasteiger partial charge in [-0.3, -0.25) is 4.79 Å². The molecule has 26 heavy (non-hydrogen) atoms. The highest BCUT2D eigenvalue weighted by Gasteiger charge is 2.08. The fraction of sp³-hybridized carbons (Fsp3) is 0.273. The second-order valence-electron chi connectivity index (χ2n) is 6.74. The molecule has 1 atom stereocenters. The number of carbonyl (C=O) groups is 1. The Morgan fingerprint density at radius 1 is 1.08 bits per heavy atom. The molecule has 0 bridgehead atoms. The first kappa shape index (κ1) is 18.3. The van der Waals surface area contributed by atoms with Crippen LogP contribution in [-0.2, 0) is 11.2 Å². The highest BCUT2D eigenvalue weighted by Crippen LogP contribution is 2.29. The van der Waals surface area contributed by atoms with Crippen molar-refractivity contribution in [3.8, 4) is 21.8 Å². The standard InChI is InChI=1S/C22H24N2OS/c1-15-4-10-20(11-5-15)22-24-21(14-26-22)19-12-8-18(9-13-19)7-6-16(2)23-17(3)25/h4-5,8-14,16H,6-7H2,1-3H3,(H,23,25). The summed E-state index contributed by atoms with van der Waals surface area (Å²) in [5.74, 6) is 0.0285. The highest BCUT2D eigenvalue weighted by molar-refractivity contribution is 7.13. The predicted molar refractivity (Wildman–Crippen MR) is 109 cm³/mol. The quantitative estimate of drug-likeness (QED) is 0.650. The van der Waals surface area contributed by atoms with Gasteiger partial charge < -0.3 is 5.32 Å². The molecule has 1 amide bonds. The molecule has 4 heteroatoms. The third kappa shape index (κ3) is 4.79. The minimum Gasteiger partial charge on any atom is -0.354 e. The smallest absolute Gasteiger partial charge is 0.217 e. The van der Waals surface area contributed by atoms with E-state index < -0.39 is 0 Å². The topological polar surface area (TPSA) is 42.0 Å². The Hall–Kier alpha value is -2.46. The zero-order valence-corrected chi connectivity index (χ0v) is 16.3. The van der Waals surface area contributed by atoms with Gasteiger partial charge >= 0.3 is 0 Å². The van der Waals surface area contributed by atoms with E-state index in [-0.39, 0.29) is 11.9 Å². The zero-order chi connectivity index (χ0) is 18.5. The van der Waals surface area contributed by atoms with Gasteiger partial charge in [-0.15, -0.1) is 11.3 Å². The molecule has 0 saturated carbocycles. The summed E-state index contributed by atoms with van der Waals surface area (Å²) in [6.07, 6.45) is 1.89. The van der Waals surface area contributed by atoms with Gasteiger partial charge in [-0.2, -0.15) is 0 Å². The van der Waals surface area contributed by atoms with Crippen LogP contribution in [0.15, 0.2) is 53.9 Å². The van der Waals surface area contributed by atoms with E-state index in [0.717, 1.165) is 34.7 Å². The molecule has 134 valence electrons. The molecule has 0 spiro atoms. The molecule has 3 aromatic rings. The summed E-state index contributed by atoms with van der Waals surface area (Å²) < 4.78 is 0. The number of thiazole rings is 1. The summed E-state index contributed by atoms with van der Waals surface area (Å²) in [5.41, 5.74) is 5.85. The SMILES string of the molecule is CC(=O)NC(C)CCc1ccc(-c2csc(-c3ccc(C)cc3)n2)cc1. The molecule has 1 aromatic heterocycles. The Balaban J connectivity index is 1.65. The number of carbonyl (C=O) groups excluding carboxylic acids is 1. The molecule has 0 aliphatic carbocycles. The lowest BCUT2D eigenvalue weighted by atomic mass is 10.0. The van der Waals surface area contributed by atoms with Crippen LogP contribution in [-0.4, -0.2) is 16.9 Å². The van der Waals surface area contributed by atoms with E-state index in [1.807, 2.05) is 6.92 Å². The Morgan fingerprint density at radius 2 is 1.73 bits per heavy atom. The summed E-state index contributed by atoms with van der Waals surface area (Å²) in [5, 5.41) is 6.09. The number of amides is 1. The van der Waals surface area contributed by atoms with Gasteiger partial charge in [0.1, 0.15) is 5.01 Å². The van der Waals surface area contributed by atoms with Crippen molar-refractivity contribution in [1.29, 1.82) is 0 Å². The highest BCUT2D eigenvalue weighted by atomic mass is 32.1. The lowest BCUT2D eigenvalue weighted by molar-refractivity contribution is -0.119. The van der Waals surface area contributed by atoms with Gasteiger partial charge in [-0.25, -0.2) is 4.98 Å². The predicted octanol–water partition coefficient (Wildman–Crippen LogP) is 5.24. The van der Waals surface area contributed by atoms with Crippen molar-refractivity contribution in [2.45, 2.75) is 39.7 Å². The summed E-state index contributed by atoms with van der Waals surface area (Å²) in [6.45, 7) is 5.69. The molecule has 3 rings (SSSR count). The lowest BCUT2D eigenvalue weighted by Gasteiger charge is -2.12. The number of nitrogens with one attached hydrogen (secondary N) is 1. The van der Waals surface area contributed by atoms with Crippen LogP contribution in [0.25, 0.3) is 21.8 Å². The molecule has 0 saturated heterocycles. The van der Waals surface area contributed by atoms with Gasteiger partial charge in [0.15, 0.2) is 0 Å². The fourth-order valence-corrected chi connectivity index (χ4v) is 3.71. The maximum absolute atomic E-state index is 11.1. The van der Waals surface area contributed by atoms with Crippen molar-refractivity contribution < 1.29 is 4.79 Å². The van der Waals surface area contributed by atoms with Crippen molar-refractivity contribution in [3.05, 3.63) is 65.0 Å². The van der Waals surface area contributed by atoms with E-state index in [4.69, 9.17) is 4.98 Å². The number of rotatable bonds is 6. The fourth-order valence-electron chi connectivity index (χ4n) is 2.88. The van der Waals surface area contributed by atoms with E-state index in [1.165, 1.54) is 11.1 Å². The van der Waals surface area contributed by atoms with Crippen LogP contribution in [0, 0.1) is 6.92 Å². The van der Waals surface area contributed by atoms with Crippen LogP contribution in [0.3, 0.4) is 0 Å². The molecule has 0 fully saturated rings. The van der Waals surface area contributed by atoms with E-state index >= 15 is 0 Å². The van der Waals surface area contributed by atoms with Crippen LogP contribution < -0.4 is 5.32 Å². The minimum atomic E-state index is 0.0285. The van der Waals surface area contributed by atoms with Crippen LogP contribution >= 0.6 is 11.3 Å². The lowest BCUT2D eigenvalue weighted by Crippen LogP contribution is -2.30. The molecule has 1 heterocycles. The van der Waals surface area contributed by atoms with Crippen molar-refractivity contribution in [1.82, 2.24) is 10.3 Å². The average molecular weight is 365 g/mol. The van der Waals surface area contributed by atoms with Gasteiger partial charge in [0, 0.05) is 29.5 Å². The Morgan fingerprint density at radius 3 is 2.38 bits per heavy atom. The van der Waals surface area contributed by atoms with Crippen LogP contribution in [0.4, 0.5) is 0 Å². The summed E-state index contributed by atoms with van der Waals surface area (Å²) >= 11 is 1.68. The van der Waals surface area contributed by atoms with E-state index in [1.54, 1.807) is 18.3 Å². The first-order chi connectivity index (χ1) is 12.5. The number of aromatic nitrogens is 1. The molecule has 1 N–H and O–H groups in total. The second-order valence-corrected chi connectivity index (χ2v) is 7.60. The van der Waals surface area contributed by atoms with E-state index in [0.29, 0.717) is 0 Å². The van der Waals surface area contributed by atoms with Crippen molar-refractivity contribution in [2.75, 3.05) is 0 Å². The van der Waals surface area contributed by atoms with Crippen LogP contribution in [0.1, 0.15) is 31.4 Å². The van der Waals surface area contributed by atoms with Gasteiger partial charge in [-0.05, 0) is 32.3 Å². The van der Waals surface area contributed by atoms with Gasteiger partial charge in [0.25, 0.3) is 0 Å². The molecular weight excluding hydrogens is 340 g/mol. The molecule has 2 aromatic carbocycles. The van der Waals surface area contributed by atoms with E-state index in [2.05, 4.69) is 66.2 Å². The maximum Gasteiger partial charge on any atom is 0.217 e. The van der Waals surface area contributed by atoms with Gasteiger partial charge in [0.05, 0.1) is 5.69 Å².